The van der Waals surface area contributed by atoms with Crippen molar-refractivity contribution in [1.29, 1.82) is 0 Å². The van der Waals surface area contributed by atoms with Crippen molar-refractivity contribution in [2.75, 3.05) is 0 Å². The normalized spacial score (nSPS) is 11.8. The van der Waals surface area contributed by atoms with Gasteiger partial charge in [0.25, 0.3) is 0 Å². The number of nitrogens with zero attached hydrogens (tertiary/aromatic N) is 2. The van der Waals surface area contributed by atoms with Gasteiger partial charge >= 0.3 is 0 Å². The van der Waals surface area contributed by atoms with E-state index in [0.29, 0.717) is 19.6 Å². The summed E-state index contributed by atoms with van der Waals surface area (Å²) in [5, 5.41) is 2.94. The molecule has 1 amide bonds. The molecular formula is C23H26N2O2S. The van der Waals surface area contributed by atoms with Crippen molar-refractivity contribution in [3.8, 4) is 5.75 Å². The van der Waals surface area contributed by atoms with E-state index < -0.39 is 0 Å². The lowest BCUT2D eigenvalue weighted by atomic mass is 10.1. The van der Waals surface area contributed by atoms with Gasteiger partial charge in [-0.05, 0) is 31.0 Å². The van der Waals surface area contributed by atoms with Crippen molar-refractivity contribution < 1.29 is 9.53 Å². The summed E-state index contributed by atoms with van der Waals surface area (Å²) in [6, 6.07) is 19.8. The second-order valence-electron chi connectivity index (χ2n) is 6.78. The number of rotatable bonds is 9. The molecule has 28 heavy (non-hydrogen) atoms. The predicted molar refractivity (Wildman–Crippen MR) is 113 cm³/mol. The first-order valence-corrected chi connectivity index (χ1v) is 10.5. The summed E-state index contributed by atoms with van der Waals surface area (Å²) in [6.45, 7) is 5.17. The minimum absolute atomic E-state index is 0.135. The van der Waals surface area contributed by atoms with E-state index in [1.165, 1.54) is 0 Å². The molecule has 5 heteroatoms. The molecule has 1 atom stereocenters. The first-order valence-electron chi connectivity index (χ1n) is 9.60. The predicted octanol–water partition coefficient (Wildman–Crippen LogP) is 5.09. The van der Waals surface area contributed by atoms with Crippen LogP contribution in [0.1, 0.15) is 36.5 Å². The van der Waals surface area contributed by atoms with Crippen LogP contribution >= 0.6 is 11.3 Å². The Balaban J connectivity index is 1.62. The number of ether oxygens (including phenoxy) is 1. The van der Waals surface area contributed by atoms with Gasteiger partial charge in [0, 0.05) is 11.4 Å². The van der Waals surface area contributed by atoms with Gasteiger partial charge in [0.05, 0.1) is 18.7 Å². The van der Waals surface area contributed by atoms with Crippen LogP contribution in [-0.2, 0) is 24.4 Å². The molecule has 0 spiro atoms. The Hall–Kier alpha value is -2.66. The smallest absolute Gasteiger partial charge is 0.227 e. The number of carbonyl (C=O) groups excluding carboxylic acids is 1. The van der Waals surface area contributed by atoms with Gasteiger partial charge in [-0.15, -0.1) is 11.3 Å². The molecule has 3 rings (SSSR count). The lowest BCUT2D eigenvalue weighted by Gasteiger charge is -2.28. The molecule has 0 unspecified atom stereocenters. The van der Waals surface area contributed by atoms with Crippen molar-refractivity contribution in [1.82, 2.24) is 9.88 Å². The van der Waals surface area contributed by atoms with E-state index in [1.54, 1.807) is 11.3 Å². The summed E-state index contributed by atoms with van der Waals surface area (Å²) >= 11 is 1.57. The zero-order chi connectivity index (χ0) is 19.8. The molecule has 4 nitrogen and oxygen atoms in total. The number of para-hydroxylation sites is 1. The summed E-state index contributed by atoms with van der Waals surface area (Å²) in [6.07, 6.45) is 1.33. The highest BCUT2D eigenvalue weighted by Gasteiger charge is 2.20. The standard InChI is InChI=1S/C23H26N2O2S/c1-3-18(2)25(23(26)14-19-10-6-4-7-11-19)15-20-17-28-22(24-20)16-27-21-12-8-5-9-13-21/h4-13,17-18H,3,14-16H2,1-2H3/t18-/m1/s1. The van der Waals surface area contributed by atoms with E-state index in [2.05, 4.69) is 18.8 Å². The molecule has 1 heterocycles. The van der Waals surface area contributed by atoms with Crippen molar-refractivity contribution in [3.05, 3.63) is 82.3 Å². The lowest BCUT2D eigenvalue weighted by Crippen LogP contribution is -2.38. The molecule has 0 aliphatic rings. The van der Waals surface area contributed by atoms with Crippen molar-refractivity contribution >= 4 is 17.2 Å². The van der Waals surface area contributed by atoms with E-state index in [4.69, 9.17) is 4.74 Å². The fourth-order valence-electron chi connectivity index (χ4n) is 2.91. The third-order valence-corrected chi connectivity index (χ3v) is 5.55. The first-order chi connectivity index (χ1) is 13.7. The minimum atomic E-state index is 0.135. The third-order valence-electron chi connectivity index (χ3n) is 4.68. The maximum Gasteiger partial charge on any atom is 0.227 e. The molecule has 0 fully saturated rings. The van der Waals surface area contributed by atoms with E-state index in [9.17, 15) is 4.79 Å². The van der Waals surface area contributed by atoms with Gasteiger partial charge < -0.3 is 9.64 Å². The number of thiazole rings is 1. The van der Waals surface area contributed by atoms with Crippen LogP contribution in [0.4, 0.5) is 0 Å². The van der Waals surface area contributed by atoms with E-state index in [0.717, 1.165) is 28.4 Å². The quantitative estimate of drug-likeness (QED) is 0.507. The highest BCUT2D eigenvalue weighted by Crippen LogP contribution is 2.18. The number of aromatic nitrogens is 1. The van der Waals surface area contributed by atoms with Gasteiger partial charge in [0.1, 0.15) is 17.4 Å². The summed E-state index contributed by atoms with van der Waals surface area (Å²) in [7, 11) is 0. The van der Waals surface area contributed by atoms with Crippen LogP contribution < -0.4 is 4.74 Å². The summed E-state index contributed by atoms with van der Waals surface area (Å²) < 4.78 is 5.77. The highest BCUT2D eigenvalue weighted by atomic mass is 32.1. The zero-order valence-electron chi connectivity index (χ0n) is 16.4. The maximum absolute atomic E-state index is 12.9. The number of benzene rings is 2. The van der Waals surface area contributed by atoms with Crippen molar-refractivity contribution in [2.24, 2.45) is 0 Å². The fraction of sp³-hybridized carbons (Fsp3) is 0.304. The van der Waals surface area contributed by atoms with Gasteiger partial charge in [-0.25, -0.2) is 4.98 Å². The Labute approximate surface area is 170 Å². The van der Waals surface area contributed by atoms with Gasteiger partial charge in [0.15, 0.2) is 0 Å². The van der Waals surface area contributed by atoms with Gasteiger partial charge in [-0.3, -0.25) is 4.79 Å². The Morgan fingerprint density at radius 2 is 1.79 bits per heavy atom. The minimum Gasteiger partial charge on any atom is -0.486 e. The van der Waals surface area contributed by atoms with Crippen molar-refractivity contribution in [2.45, 2.75) is 45.9 Å². The molecule has 0 aliphatic carbocycles. The number of hydrogen-bond acceptors (Lipinski definition) is 4. The number of amides is 1. The molecule has 0 saturated carbocycles. The van der Waals surface area contributed by atoms with Crippen LogP contribution in [0.2, 0.25) is 0 Å². The van der Waals surface area contributed by atoms with Gasteiger partial charge in [-0.2, -0.15) is 0 Å². The molecule has 3 aromatic rings. The molecular weight excluding hydrogens is 368 g/mol. The van der Waals surface area contributed by atoms with Crippen LogP contribution in [-0.4, -0.2) is 21.8 Å². The topological polar surface area (TPSA) is 42.4 Å². The van der Waals surface area contributed by atoms with Crippen LogP contribution in [0.3, 0.4) is 0 Å². The molecule has 0 N–H and O–H groups in total. The molecule has 0 bridgehead atoms. The third kappa shape index (κ3) is 5.67. The molecule has 2 aromatic carbocycles. The van der Waals surface area contributed by atoms with Crippen LogP contribution in [0.15, 0.2) is 66.0 Å². The second kappa shape index (κ2) is 10.0. The molecule has 1 aromatic heterocycles. The average molecular weight is 395 g/mol. The van der Waals surface area contributed by atoms with E-state index in [1.807, 2.05) is 70.9 Å². The van der Waals surface area contributed by atoms with E-state index in [-0.39, 0.29) is 11.9 Å². The SMILES string of the molecule is CC[C@@H](C)N(Cc1csc(COc2ccccc2)n1)C(=O)Cc1ccccc1. The molecule has 0 aliphatic heterocycles. The largest absolute Gasteiger partial charge is 0.486 e. The number of carbonyl (C=O) groups is 1. The van der Waals surface area contributed by atoms with Gasteiger partial charge in [-0.1, -0.05) is 55.5 Å². The summed E-state index contributed by atoms with van der Waals surface area (Å²) in [5.74, 6) is 0.967. The van der Waals surface area contributed by atoms with Crippen LogP contribution in [0.5, 0.6) is 5.75 Å². The Kier molecular flexibility index (Phi) is 7.20. The Bertz CT molecular complexity index is 865. The summed E-state index contributed by atoms with van der Waals surface area (Å²) in [5.41, 5.74) is 1.95. The second-order valence-corrected chi connectivity index (χ2v) is 7.72. The number of hydrogen-bond donors (Lipinski definition) is 0. The van der Waals surface area contributed by atoms with Crippen LogP contribution in [0.25, 0.3) is 0 Å². The van der Waals surface area contributed by atoms with Crippen LogP contribution in [0, 0.1) is 0 Å². The monoisotopic (exact) mass is 394 g/mol. The maximum atomic E-state index is 12.9. The Morgan fingerprint density at radius 1 is 1.11 bits per heavy atom. The highest BCUT2D eigenvalue weighted by molar-refractivity contribution is 7.09. The average Bonchev–Trinajstić information content (AvgIpc) is 3.19. The molecule has 0 radical (unpaired) electrons. The lowest BCUT2D eigenvalue weighted by molar-refractivity contribution is -0.133. The summed E-state index contributed by atoms with van der Waals surface area (Å²) in [4.78, 5) is 19.5. The zero-order valence-corrected chi connectivity index (χ0v) is 17.2. The molecule has 0 saturated heterocycles. The first kappa shape index (κ1) is 20.1. The Morgan fingerprint density at radius 3 is 2.46 bits per heavy atom. The van der Waals surface area contributed by atoms with Gasteiger partial charge in [0.2, 0.25) is 5.91 Å². The fourth-order valence-corrected chi connectivity index (χ4v) is 3.60. The van der Waals surface area contributed by atoms with Crippen molar-refractivity contribution in [3.63, 3.8) is 0 Å². The molecule has 146 valence electrons. The van der Waals surface area contributed by atoms with E-state index >= 15 is 0 Å².